The fourth-order valence-electron chi connectivity index (χ4n) is 3.51. The summed E-state index contributed by atoms with van der Waals surface area (Å²) in [7, 11) is -0.698. The third-order valence-corrected chi connectivity index (χ3v) is 9.14. The number of unbranched alkanes of at least 4 members (excludes halogenated alkanes) is 4. The summed E-state index contributed by atoms with van der Waals surface area (Å²) in [5, 5.41) is 0. The van der Waals surface area contributed by atoms with E-state index in [9.17, 15) is 9.13 Å². The second-order valence-electron chi connectivity index (χ2n) is 7.57. The van der Waals surface area contributed by atoms with Crippen LogP contribution < -0.4 is 0 Å². The summed E-state index contributed by atoms with van der Waals surface area (Å²) in [6.07, 6.45) is 8.74. The van der Waals surface area contributed by atoms with Gasteiger partial charge in [0.05, 0.1) is 12.3 Å². The van der Waals surface area contributed by atoms with Gasteiger partial charge in [-0.3, -0.25) is 9.13 Å². The summed E-state index contributed by atoms with van der Waals surface area (Å²) in [5.74, 6) is 0. The molecule has 30 heavy (non-hydrogen) atoms. The molecule has 1 aromatic rings. The molecule has 0 unspecified atom stereocenters. The third kappa shape index (κ3) is 8.57. The van der Waals surface area contributed by atoms with Gasteiger partial charge in [-0.25, -0.2) is 0 Å². The maximum Gasteiger partial charge on any atom is 0.334 e. The molecule has 0 heterocycles. The van der Waals surface area contributed by atoms with Crippen LogP contribution in [0, 0.1) is 0 Å². The van der Waals surface area contributed by atoms with E-state index in [4.69, 9.17) is 18.1 Å². The first kappa shape index (κ1) is 27.6. The van der Waals surface area contributed by atoms with Crippen molar-refractivity contribution in [3.05, 3.63) is 34.4 Å². The maximum absolute atomic E-state index is 12.9. The zero-order chi connectivity index (χ0) is 22.6. The van der Waals surface area contributed by atoms with E-state index in [1.807, 2.05) is 0 Å². The molecule has 174 valence electrons. The van der Waals surface area contributed by atoms with Crippen LogP contribution in [-0.2, 0) is 52.4 Å². The van der Waals surface area contributed by atoms with Crippen LogP contribution in [0.4, 0.5) is 0 Å². The van der Waals surface area contributed by atoms with E-state index in [1.165, 1.54) is 28.4 Å². The van der Waals surface area contributed by atoms with Crippen molar-refractivity contribution in [1.29, 1.82) is 0 Å². The van der Waals surface area contributed by atoms with Gasteiger partial charge in [0.15, 0.2) is 0 Å². The van der Waals surface area contributed by atoms with E-state index in [1.54, 1.807) is 0 Å². The Morgan fingerprint density at radius 2 is 0.933 bits per heavy atom. The van der Waals surface area contributed by atoms with Gasteiger partial charge in [-0.2, -0.15) is 0 Å². The third-order valence-electron chi connectivity index (χ3n) is 5.46. The van der Waals surface area contributed by atoms with E-state index < -0.39 is 15.2 Å². The molecular weight excluding hydrogens is 422 g/mol. The molecule has 0 amide bonds. The van der Waals surface area contributed by atoms with Crippen molar-refractivity contribution < 1.29 is 27.2 Å². The van der Waals surface area contributed by atoms with Crippen LogP contribution in [0.25, 0.3) is 0 Å². The topological polar surface area (TPSA) is 71.1 Å². The highest BCUT2D eigenvalue weighted by Gasteiger charge is 2.27. The minimum Gasteiger partial charge on any atom is -0.312 e. The van der Waals surface area contributed by atoms with Crippen LogP contribution in [0.15, 0.2) is 12.1 Å². The molecule has 0 aliphatic carbocycles. The average Bonchev–Trinajstić information content (AvgIpc) is 2.76. The molecule has 0 N–H and O–H groups in total. The van der Waals surface area contributed by atoms with Gasteiger partial charge in [0.25, 0.3) is 0 Å². The smallest absolute Gasteiger partial charge is 0.312 e. The first-order chi connectivity index (χ1) is 14.3. The summed E-state index contributed by atoms with van der Waals surface area (Å²) in [6, 6.07) is 4.21. The highest BCUT2D eigenvalue weighted by atomic mass is 31.2. The predicted octanol–water partition coefficient (Wildman–Crippen LogP) is 7.12. The largest absolute Gasteiger partial charge is 0.334 e. The van der Waals surface area contributed by atoms with Crippen molar-refractivity contribution >= 4 is 15.2 Å². The molecule has 6 nitrogen and oxygen atoms in total. The van der Waals surface area contributed by atoms with Gasteiger partial charge in [-0.1, -0.05) is 51.7 Å². The fourth-order valence-corrected chi connectivity index (χ4v) is 5.74. The number of aryl methyl sites for hydroxylation is 2. The Bertz CT molecular complexity index is 657. The molecule has 0 aromatic heterocycles. The van der Waals surface area contributed by atoms with Gasteiger partial charge < -0.3 is 18.1 Å². The zero-order valence-corrected chi connectivity index (χ0v) is 21.4. The number of hydrogen-bond donors (Lipinski definition) is 0. The molecule has 0 atom stereocenters. The van der Waals surface area contributed by atoms with Crippen LogP contribution in [0.3, 0.4) is 0 Å². The zero-order valence-electron chi connectivity index (χ0n) is 19.6. The SMILES string of the molecule is CCCCCc1cc(CP(=O)(OC)OC)c(CCCCC)cc1CP(=O)(OC)OC. The molecule has 0 spiro atoms. The van der Waals surface area contributed by atoms with Crippen LogP contribution in [0.2, 0.25) is 0 Å². The van der Waals surface area contributed by atoms with Gasteiger partial charge in [-0.05, 0) is 47.9 Å². The van der Waals surface area contributed by atoms with Crippen LogP contribution in [0.1, 0.15) is 74.6 Å². The highest BCUT2D eigenvalue weighted by Crippen LogP contribution is 2.52. The van der Waals surface area contributed by atoms with Crippen molar-refractivity contribution in [3.63, 3.8) is 0 Å². The lowest BCUT2D eigenvalue weighted by Gasteiger charge is -2.21. The normalized spacial score (nSPS) is 12.5. The number of rotatable bonds is 16. The Hall–Kier alpha value is -0.480. The van der Waals surface area contributed by atoms with Gasteiger partial charge >= 0.3 is 15.2 Å². The molecule has 0 fully saturated rings. The summed E-state index contributed by atoms with van der Waals surface area (Å²) >= 11 is 0. The number of benzene rings is 1. The Kier molecular flexibility index (Phi) is 12.7. The van der Waals surface area contributed by atoms with Crippen molar-refractivity contribution in [2.24, 2.45) is 0 Å². The molecule has 0 aliphatic rings. The quantitative estimate of drug-likeness (QED) is 0.192. The second-order valence-corrected chi connectivity index (χ2v) is 12.1. The lowest BCUT2D eigenvalue weighted by molar-refractivity contribution is 0.273. The minimum absolute atomic E-state index is 0.231. The predicted molar refractivity (Wildman–Crippen MR) is 124 cm³/mol. The van der Waals surface area contributed by atoms with Crippen molar-refractivity contribution in [3.8, 4) is 0 Å². The molecule has 0 saturated carbocycles. The molecule has 1 rings (SSSR count). The molecule has 8 heteroatoms. The van der Waals surface area contributed by atoms with E-state index >= 15 is 0 Å². The first-order valence-corrected chi connectivity index (χ1v) is 14.3. The standard InChI is InChI=1S/C22H40O6P2/c1-7-9-11-13-19-15-22(18-30(24,27-5)28-6)20(14-12-10-8-2)16-21(19)17-29(23,25-3)26-4/h15-16H,7-14,17-18H2,1-6H3. The Labute approximate surface area is 183 Å². The fraction of sp³-hybridized carbons (Fsp3) is 0.727. The van der Waals surface area contributed by atoms with E-state index in [2.05, 4.69) is 26.0 Å². The van der Waals surface area contributed by atoms with E-state index in [0.29, 0.717) is 0 Å². The van der Waals surface area contributed by atoms with Gasteiger partial charge in [0.2, 0.25) is 0 Å². The van der Waals surface area contributed by atoms with Crippen LogP contribution >= 0.6 is 15.2 Å². The maximum atomic E-state index is 12.9. The Morgan fingerprint density at radius 3 is 1.20 bits per heavy atom. The monoisotopic (exact) mass is 462 g/mol. The molecular formula is C22H40O6P2. The second kappa shape index (κ2) is 13.8. The van der Waals surface area contributed by atoms with Crippen LogP contribution in [-0.4, -0.2) is 28.4 Å². The highest BCUT2D eigenvalue weighted by molar-refractivity contribution is 7.53. The summed E-state index contributed by atoms with van der Waals surface area (Å²) in [5.41, 5.74) is 4.17. The minimum atomic E-state index is -3.19. The van der Waals surface area contributed by atoms with Crippen LogP contribution in [0.5, 0.6) is 0 Å². The number of hydrogen-bond acceptors (Lipinski definition) is 6. The Balaban J connectivity index is 3.43. The van der Waals surface area contributed by atoms with Crippen molar-refractivity contribution in [2.45, 2.75) is 77.5 Å². The molecule has 0 saturated heterocycles. The van der Waals surface area contributed by atoms with E-state index in [-0.39, 0.29) is 12.3 Å². The van der Waals surface area contributed by atoms with Gasteiger partial charge in [0.1, 0.15) is 0 Å². The summed E-state index contributed by atoms with van der Waals surface area (Å²) in [4.78, 5) is 0. The lowest BCUT2D eigenvalue weighted by Crippen LogP contribution is -2.05. The van der Waals surface area contributed by atoms with Gasteiger partial charge in [-0.15, -0.1) is 0 Å². The van der Waals surface area contributed by atoms with Crippen molar-refractivity contribution in [1.82, 2.24) is 0 Å². The molecule has 0 radical (unpaired) electrons. The molecule has 1 aromatic carbocycles. The molecule has 0 bridgehead atoms. The lowest BCUT2D eigenvalue weighted by atomic mass is 9.93. The Morgan fingerprint density at radius 1 is 0.600 bits per heavy atom. The average molecular weight is 463 g/mol. The first-order valence-electron chi connectivity index (χ1n) is 10.8. The van der Waals surface area contributed by atoms with Crippen molar-refractivity contribution in [2.75, 3.05) is 28.4 Å². The van der Waals surface area contributed by atoms with Gasteiger partial charge in [0, 0.05) is 28.4 Å². The molecule has 0 aliphatic heterocycles. The van der Waals surface area contributed by atoms with E-state index in [0.717, 1.165) is 73.6 Å². The summed E-state index contributed by atoms with van der Waals surface area (Å²) < 4.78 is 46.5. The summed E-state index contributed by atoms with van der Waals surface area (Å²) in [6.45, 7) is 4.33.